The SMILES string of the molecule is CC1CCC(C)(C)c2ccc(-c3cccc(N4CCN(CCCCCO)CC4)c3)cc2C1C. The number of hydrogen-bond acceptors (Lipinski definition) is 3. The molecule has 3 heteroatoms. The van der Waals surface area contributed by atoms with E-state index in [-0.39, 0.29) is 5.41 Å². The van der Waals surface area contributed by atoms with Gasteiger partial charge in [0.15, 0.2) is 0 Å². The van der Waals surface area contributed by atoms with E-state index in [0.717, 1.165) is 51.5 Å². The Bertz CT molecular complexity index is 913. The summed E-state index contributed by atoms with van der Waals surface area (Å²) in [7, 11) is 0. The summed E-state index contributed by atoms with van der Waals surface area (Å²) in [5.74, 6) is 1.34. The van der Waals surface area contributed by atoms with Crippen LogP contribution in [0.1, 0.15) is 76.8 Å². The number of aliphatic hydroxyl groups is 1. The van der Waals surface area contributed by atoms with Crippen LogP contribution in [0.3, 0.4) is 0 Å². The highest BCUT2D eigenvalue weighted by atomic mass is 16.2. The lowest BCUT2D eigenvalue weighted by molar-refractivity contribution is 0.242. The maximum Gasteiger partial charge on any atom is 0.0431 e. The average molecular weight is 449 g/mol. The Labute approximate surface area is 201 Å². The number of benzene rings is 2. The van der Waals surface area contributed by atoms with E-state index in [1.807, 2.05) is 0 Å². The van der Waals surface area contributed by atoms with Gasteiger partial charge in [0.2, 0.25) is 0 Å². The van der Waals surface area contributed by atoms with Crippen molar-refractivity contribution in [3.05, 3.63) is 53.6 Å². The van der Waals surface area contributed by atoms with Gasteiger partial charge in [-0.05, 0) is 90.3 Å². The molecule has 1 N–H and O–H groups in total. The molecule has 0 aromatic heterocycles. The first-order chi connectivity index (χ1) is 15.9. The summed E-state index contributed by atoms with van der Waals surface area (Å²) in [6.45, 7) is 15.6. The van der Waals surface area contributed by atoms with Crippen LogP contribution in [0.15, 0.2) is 42.5 Å². The molecule has 0 radical (unpaired) electrons. The van der Waals surface area contributed by atoms with Gasteiger partial charge in [-0.2, -0.15) is 0 Å². The van der Waals surface area contributed by atoms with Gasteiger partial charge in [0.05, 0.1) is 0 Å². The molecule has 1 aliphatic carbocycles. The summed E-state index contributed by atoms with van der Waals surface area (Å²) in [4.78, 5) is 5.12. The fourth-order valence-electron chi connectivity index (χ4n) is 5.75. The van der Waals surface area contributed by atoms with Crippen LogP contribution in [0.4, 0.5) is 5.69 Å². The number of piperazine rings is 1. The topological polar surface area (TPSA) is 26.7 Å². The van der Waals surface area contributed by atoms with Gasteiger partial charge in [-0.3, -0.25) is 4.90 Å². The summed E-state index contributed by atoms with van der Waals surface area (Å²) in [5, 5.41) is 8.97. The number of unbranched alkanes of at least 4 members (excludes halogenated alkanes) is 2. The van der Waals surface area contributed by atoms with Crippen LogP contribution in [0.2, 0.25) is 0 Å². The maximum absolute atomic E-state index is 8.97. The van der Waals surface area contributed by atoms with Crippen molar-refractivity contribution < 1.29 is 5.11 Å². The Morgan fingerprint density at radius 2 is 1.67 bits per heavy atom. The Balaban J connectivity index is 1.48. The first-order valence-electron chi connectivity index (χ1n) is 13.2. The Morgan fingerprint density at radius 3 is 2.42 bits per heavy atom. The Hall–Kier alpha value is -1.84. The molecule has 1 heterocycles. The van der Waals surface area contributed by atoms with Crippen LogP contribution in [0, 0.1) is 5.92 Å². The molecular formula is C30H44N2O. The number of hydrogen-bond donors (Lipinski definition) is 1. The van der Waals surface area contributed by atoms with E-state index in [0.29, 0.717) is 12.5 Å². The van der Waals surface area contributed by atoms with Crippen LogP contribution < -0.4 is 4.90 Å². The monoisotopic (exact) mass is 448 g/mol. The van der Waals surface area contributed by atoms with Crippen LogP contribution in [0.5, 0.6) is 0 Å². The largest absolute Gasteiger partial charge is 0.396 e. The number of fused-ring (bicyclic) bond motifs is 1. The first kappa shape index (κ1) is 24.3. The van der Waals surface area contributed by atoms with E-state index >= 15 is 0 Å². The van der Waals surface area contributed by atoms with E-state index in [9.17, 15) is 0 Å². The van der Waals surface area contributed by atoms with Crippen molar-refractivity contribution in [2.75, 3.05) is 44.2 Å². The second kappa shape index (κ2) is 10.6. The molecule has 2 aliphatic rings. The lowest BCUT2D eigenvalue weighted by Crippen LogP contribution is -2.46. The predicted octanol–water partition coefficient (Wildman–Crippen LogP) is 6.45. The van der Waals surface area contributed by atoms with Gasteiger partial charge < -0.3 is 10.0 Å². The molecule has 0 bridgehead atoms. The van der Waals surface area contributed by atoms with E-state index in [1.54, 1.807) is 11.1 Å². The van der Waals surface area contributed by atoms with Gasteiger partial charge in [0.25, 0.3) is 0 Å². The minimum Gasteiger partial charge on any atom is -0.396 e. The van der Waals surface area contributed by atoms with Crippen molar-refractivity contribution in [1.29, 1.82) is 0 Å². The van der Waals surface area contributed by atoms with Crippen molar-refractivity contribution >= 4 is 5.69 Å². The minimum atomic E-state index is 0.256. The van der Waals surface area contributed by atoms with Gasteiger partial charge in [-0.25, -0.2) is 0 Å². The molecular weight excluding hydrogens is 404 g/mol. The van der Waals surface area contributed by atoms with Crippen LogP contribution >= 0.6 is 0 Å². The molecule has 0 amide bonds. The number of rotatable bonds is 7. The molecule has 1 saturated heterocycles. The predicted molar refractivity (Wildman–Crippen MR) is 141 cm³/mol. The van der Waals surface area contributed by atoms with E-state index < -0.39 is 0 Å². The van der Waals surface area contributed by atoms with Crippen molar-refractivity contribution in [3.63, 3.8) is 0 Å². The fraction of sp³-hybridized carbons (Fsp3) is 0.600. The third-order valence-electron chi connectivity index (χ3n) is 8.40. The molecule has 4 rings (SSSR count). The highest BCUT2D eigenvalue weighted by Crippen LogP contribution is 2.44. The zero-order valence-electron chi connectivity index (χ0n) is 21.3. The molecule has 33 heavy (non-hydrogen) atoms. The average Bonchev–Trinajstić information content (AvgIpc) is 2.92. The third-order valence-corrected chi connectivity index (χ3v) is 8.40. The highest BCUT2D eigenvalue weighted by Gasteiger charge is 2.32. The summed E-state index contributed by atoms with van der Waals surface area (Å²) >= 11 is 0. The number of aliphatic hydroxyl groups excluding tert-OH is 1. The van der Waals surface area contributed by atoms with E-state index in [4.69, 9.17) is 5.11 Å². The van der Waals surface area contributed by atoms with Crippen LogP contribution in [-0.2, 0) is 5.41 Å². The normalized spacial score (nSPS) is 23.2. The van der Waals surface area contributed by atoms with Gasteiger partial charge in [-0.15, -0.1) is 0 Å². The molecule has 1 aliphatic heterocycles. The summed E-state index contributed by atoms with van der Waals surface area (Å²) in [6, 6.07) is 16.4. The molecule has 3 nitrogen and oxygen atoms in total. The van der Waals surface area contributed by atoms with Gasteiger partial charge >= 0.3 is 0 Å². The second-order valence-electron chi connectivity index (χ2n) is 11.2. The second-order valence-corrected chi connectivity index (χ2v) is 11.2. The van der Waals surface area contributed by atoms with Gasteiger partial charge in [0, 0.05) is 38.5 Å². The summed E-state index contributed by atoms with van der Waals surface area (Å²) in [5.41, 5.74) is 7.41. The smallest absolute Gasteiger partial charge is 0.0431 e. The fourth-order valence-corrected chi connectivity index (χ4v) is 5.75. The van der Waals surface area contributed by atoms with E-state index in [1.165, 1.54) is 36.1 Å². The molecule has 2 aromatic rings. The van der Waals surface area contributed by atoms with Crippen molar-refractivity contribution in [3.8, 4) is 11.1 Å². The zero-order chi connectivity index (χ0) is 23.4. The zero-order valence-corrected chi connectivity index (χ0v) is 21.3. The summed E-state index contributed by atoms with van der Waals surface area (Å²) < 4.78 is 0. The molecule has 2 unspecified atom stereocenters. The van der Waals surface area contributed by atoms with Crippen molar-refractivity contribution in [2.24, 2.45) is 5.92 Å². The lowest BCUT2D eigenvalue weighted by atomic mass is 9.78. The lowest BCUT2D eigenvalue weighted by Gasteiger charge is -2.36. The highest BCUT2D eigenvalue weighted by molar-refractivity contribution is 5.70. The Morgan fingerprint density at radius 1 is 0.909 bits per heavy atom. The molecule has 0 spiro atoms. The third kappa shape index (κ3) is 5.63. The van der Waals surface area contributed by atoms with Gasteiger partial charge in [0.1, 0.15) is 0 Å². The van der Waals surface area contributed by atoms with Crippen molar-refractivity contribution in [1.82, 2.24) is 4.90 Å². The Kier molecular flexibility index (Phi) is 7.81. The molecule has 1 fully saturated rings. The maximum atomic E-state index is 8.97. The van der Waals surface area contributed by atoms with Gasteiger partial charge in [-0.1, -0.05) is 58.0 Å². The number of anilines is 1. The summed E-state index contributed by atoms with van der Waals surface area (Å²) in [6.07, 6.45) is 5.84. The number of nitrogens with zero attached hydrogens (tertiary/aromatic N) is 2. The molecule has 180 valence electrons. The van der Waals surface area contributed by atoms with Crippen LogP contribution in [-0.4, -0.2) is 49.3 Å². The molecule has 2 atom stereocenters. The first-order valence-corrected chi connectivity index (χ1v) is 13.2. The molecule has 0 saturated carbocycles. The standard InChI is InChI=1S/C30H44N2O/c1-23-13-14-30(3,4)29-12-11-26(22-28(29)24(23)2)25-9-8-10-27(21-25)32-18-16-31(17-19-32)15-6-5-7-20-33/h8-12,21-24,33H,5-7,13-20H2,1-4H3. The van der Waals surface area contributed by atoms with Crippen LogP contribution in [0.25, 0.3) is 11.1 Å². The molecule has 2 aromatic carbocycles. The quantitative estimate of drug-likeness (QED) is 0.389. The van der Waals surface area contributed by atoms with Crippen molar-refractivity contribution in [2.45, 2.75) is 71.1 Å². The minimum absolute atomic E-state index is 0.256. The van der Waals surface area contributed by atoms with E-state index in [2.05, 4.69) is 80.0 Å².